The van der Waals surface area contributed by atoms with Gasteiger partial charge in [-0.15, -0.1) is 0 Å². The summed E-state index contributed by atoms with van der Waals surface area (Å²) in [5.41, 5.74) is 2.08. The molecule has 1 aromatic carbocycles. The van der Waals surface area contributed by atoms with Crippen molar-refractivity contribution in [3.63, 3.8) is 0 Å². The van der Waals surface area contributed by atoms with E-state index >= 15 is 0 Å². The molecule has 0 saturated carbocycles. The lowest BCUT2D eigenvalue weighted by molar-refractivity contribution is -0.120. The lowest BCUT2D eigenvalue weighted by atomic mass is 10.00. The SMILES string of the molecule is COc1ccc2c(c1)CCC(CN(C)C)C(=O)N2. The molecule has 1 aliphatic rings. The van der Waals surface area contributed by atoms with Crippen molar-refractivity contribution in [2.45, 2.75) is 12.8 Å². The summed E-state index contributed by atoms with van der Waals surface area (Å²) in [6.45, 7) is 0.789. The van der Waals surface area contributed by atoms with E-state index < -0.39 is 0 Å². The van der Waals surface area contributed by atoms with Crippen LogP contribution in [0.15, 0.2) is 18.2 Å². The summed E-state index contributed by atoms with van der Waals surface area (Å²) < 4.78 is 5.22. The molecule has 1 unspecified atom stereocenters. The van der Waals surface area contributed by atoms with Gasteiger partial charge in [-0.3, -0.25) is 4.79 Å². The zero-order valence-corrected chi connectivity index (χ0v) is 11.2. The Labute approximate surface area is 108 Å². The quantitative estimate of drug-likeness (QED) is 0.886. The number of amides is 1. The number of methoxy groups -OCH3 is 1. The van der Waals surface area contributed by atoms with E-state index in [1.165, 1.54) is 0 Å². The second-order valence-electron chi connectivity index (χ2n) is 5.01. The molecule has 18 heavy (non-hydrogen) atoms. The third-order valence-electron chi connectivity index (χ3n) is 3.29. The Balaban J connectivity index is 2.18. The van der Waals surface area contributed by atoms with Gasteiger partial charge < -0.3 is 15.0 Å². The fourth-order valence-electron chi connectivity index (χ4n) is 2.34. The van der Waals surface area contributed by atoms with Gasteiger partial charge in [0, 0.05) is 12.2 Å². The van der Waals surface area contributed by atoms with Crippen molar-refractivity contribution < 1.29 is 9.53 Å². The van der Waals surface area contributed by atoms with Crippen LogP contribution < -0.4 is 10.1 Å². The third kappa shape index (κ3) is 2.82. The summed E-state index contributed by atoms with van der Waals surface area (Å²) in [5.74, 6) is 1.01. The molecule has 0 radical (unpaired) electrons. The van der Waals surface area contributed by atoms with Gasteiger partial charge >= 0.3 is 0 Å². The number of aryl methyl sites for hydroxylation is 1. The van der Waals surface area contributed by atoms with Crippen molar-refractivity contribution in [3.8, 4) is 5.75 Å². The lowest BCUT2D eigenvalue weighted by Gasteiger charge is -2.17. The smallest absolute Gasteiger partial charge is 0.228 e. The summed E-state index contributed by atoms with van der Waals surface area (Å²) in [7, 11) is 5.65. The van der Waals surface area contributed by atoms with Crippen molar-refractivity contribution in [1.82, 2.24) is 4.90 Å². The molecule has 1 heterocycles. The number of ether oxygens (including phenoxy) is 1. The molecule has 1 aromatic rings. The standard InChI is InChI=1S/C14H20N2O2/c1-16(2)9-11-5-4-10-8-12(18-3)6-7-13(10)15-14(11)17/h6-8,11H,4-5,9H2,1-3H3,(H,15,17). The monoisotopic (exact) mass is 248 g/mol. The molecule has 1 aliphatic heterocycles. The van der Waals surface area contributed by atoms with Crippen LogP contribution in [0.3, 0.4) is 0 Å². The van der Waals surface area contributed by atoms with Crippen molar-refractivity contribution in [1.29, 1.82) is 0 Å². The normalized spacial score (nSPS) is 19.1. The summed E-state index contributed by atoms with van der Waals surface area (Å²) in [6.07, 6.45) is 1.79. The molecule has 0 aliphatic carbocycles. The fourth-order valence-corrected chi connectivity index (χ4v) is 2.34. The van der Waals surface area contributed by atoms with Gasteiger partial charge in [-0.1, -0.05) is 0 Å². The van der Waals surface area contributed by atoms with E-state index in [2.05, 4.69) is 10.2 Å². The van der Waals surface area contributed by atoms with Crippen molar-refractivity contribution in [2.75, 3.05) is 33.1 Å². The Kier molecular flexibility index (Phi) is 3.87. The Bertz CT molecular complexity index is 443. The maximum atomic E-state index is 12.1. The van der Waals surface area contributed by atoms with Crippen LogP contribution >= 0.6 is 0 Å². The Morgan fingerprint density at radius 2 is 2.22 bits per heavy atom. The van der Waals surface area contributed by atoms with E-state index in [9.17, 15) is 4.79 Å². The van der Waals surface area contributed by atoms with Gasteiger partial charge in [-0.2, -0.15) is 0 Å². The lowest BCUT2D eigenvalue weighted by Crippen LogP contribution is -2.31. The van der Waals surface area contributed by atoms with Crippen LogP contribution in [0, 0.1) is 5.92 Å². The van der Waals surface area contributed by atoms with Gasteiger partial charge in [-0.05, 0) is 50.7 Å². The van der Waals surface area contributed by atoms with Gasteiger partial charge in [0.05, 0.1) is 13.0 Å². The number of hydrogen-bond acceptors (Lipinski definition) is 3. The highest BCUT2D eigenvalue weighted by Crippen LogP contribution is 2.28. The van der Waals surface area contributed by atoms with Crippen LogP contribution in [-0.4, -0.2) is 38.6 Å². The van der Waals surface area contributed by atoms with Gasteiger partial charge in [0.25, 0.3) is 0 Å². The van der Waals surface area contributed by atoms with Crippen molar-refractivity contribution >= 4 is 11.6 Å². The molecule has 1 amide bonds. The molecule has 1 N–H and O–H groups in total. The van der Waals surface area contributed by atoms with E-state index in [4.69, 9.17) is 4.74 Å². The molecule has 0 saturated heterocycles. The maximum absolute atomic E-state index is 12.1. The number of nitrogens with zero attached hydrogens (tertiary/aromatic N) is 1. The van der Waals surface area contributed by atoms with Crippen LogP contribution in [0.2, 0.25) is 0 Å². The first kappa shape index (κ1) is 12.9. The van der Waals surface area contributed by atoms with E-state index in [-0.39, 0.29) is 11.8 Å². The highest BCUT2D eigenvalue weighted by molar-refractivity contribution is 5.94. The number of rotatable bonds is 3. The summed E-state index contributed by atoms with van der Waals surface area (Å²) in [5, 5.41) is 3.01. The Morgan fingerprint density at radius 3 is 2.89 bits per heavy atom. The second-order valence-corrected chi connectivity index (χ2v) is 5.01. The van der Waals surface area contributed by atoms with Crippen LogP contribution in [0.4, 0.5) is 5.69 Å². The molecule has 4 heteroatoms. The van der Waals surface area contributed by atoms with Crippen LogP contribution in [0.1, 0.15) is 12.0 Å². The molecular formula is C14H20N2O2. The summed E-state index contributed by atoms with van der Waals surface area (Å²) in [6, 6.07) is 5.81. The molecule has 4 nitrogen and oxygen atoms in total. The molecule has 0 spiro atoms. The first-order valence-corrected chi connectivity index (χ1v) is 6.22. The van der Waals surface area contributed by atoms with Crippen LogP contribution in [-0.2, 0) is 11.2 Å². The number of anilines is 1. The first-order chi connectivity index (χ1) is 8.60. The predicted octanol–water partition coefficient (Wildman–Crippen LogP) is 1.76. The maximum Gasteiger partial charge on any atom is 0.228 e. The van der Waals surface area contributed by atoms with Gasteiger partial charge in [0.15, 0.2) is 0 Å². The Hall–Kier alpha value is -1.55. The van der Waals surface area contributed by atoms with E-state index in [0.29, 0.717) is 0 Å². The minimum Gasteiger partial charge on any atom is -0.497 e. The van der Waals surface area contributed by atoms with Crippen LogP contribution in [0.5, 0.6) is 5.75 Å². The zero-order valence-electron chi connectivity index (χ0n) is 11.2. The van der Waals surface area contributed by atoms with E-state index in [1.54, 1.807) is 7.11 Å². The van der Waals surface area contributed by atoms with Crippen LogP contribution in [0.25, 0.3) is 0 Å². The molecular weight excluding hydrogens is 228 g/mol. The first-order valence-electron chi connectivity index (χ1n) is 6.22. The number of carbonyl (C=O) groups excluding carboxylic acids is 1. The minimum atomic E-state index is 0.0541. The molecule has 0 bridgehead atoms. The van der Waals surface area contributed by atoms with Gasteiger partial charge in [-0.25, -0.2) is 0 Å². The average Bonchev–Trinajstić information content (AvgIpc) is 2.48. The zero-order chi connectivity index (χ0) is 13.1. The fraction of sp³-hybridized carbons (Fsp3) is 0.500. The molecule has 1 atom stereocenters. The largest absolute Gasteiger partial charge is 0.497 e. The number of nitrogens with one attached hydrogen (secondary N) is 1. The number of fused-ring (bicyclic) bond motifs is 1. The average molecular weight is 248 g/mol. The highest BCUT2D eigenvalue weighted by atomic mass is 16.5. The Morgan fingerprint density at radius 1 is 1.44 bits per heavy atom. The number of benzene rings is 1. The van der Waals surface area contributed by atoms with E-state index in [1.807, 2.05) is 32.3 Å². The number of hydrogen-bond donors (Lipinski definition) is 1. The molecule has 98 valence electrons. The third-order valence-corrected chi connectivity index (χ3v) is 3.29. The molecule has 2 rings (SSSR count). The number of carbonyl (C=O) groups is 1. The second kappa shape index (κ2) is 5.40. The topological polar surface area (TPSA) is 41.6 Å². The minimum absolute atomic E-state index is 0.0541. The highest BCUT2D eigenvalue weighted by Gasteiger charge is 2.24. The van der Waals surface area contributed by atoms with E-state index in [0.717, 1.165) is 36.4 Å². The molecule has 0 fully saturated rings. The van der Waals surface area contributed by atoms with Crippen molar-refractivity contribution in [3.05, 3.63) is 23.8 Å². The van der Waals surface area contributed by atoms with Gasteiger partial charge in [0.2, 0.25) is 5.91 Å². The van der Waals surface area contributed by atoms with Gasteiger partial charge in [0.1, 0.15) is 5.75 Å². The molecule has 0 aromatic heterocycles. The summed E-state index contributed by atoms with van der Waals surface area (Å²) >= 11 is 0. The summed E-state index contributed by atoms with van der Waals surface area (Å²) in [4.78, 5) is 14.2. The predicted molar refractivity (Wildman–Crippen MR) is 72.0 cm³/mol. The van der Waals surface area contributed by atoms with Crippen molar-refractivity contribution in [2.24, 2.45) is 5.92 Å².